The predicted molar refractivity (Wildman–Crippen MR) is 62.6 cm³/mol. The van der Waals surface area contributed by atoms with Gasteiger partial charge in [-0.2, -0.15) is 0 Å². The Bertz CT molecular complexity index is 303. The molecule has 0 aliphatic carbocycles. The van der Waals surface area contributed by atoms with E-state index in [4.69, 9.17) is 4.74 Å². The average molecular weight is 244 g/mol. The number of carbonyl (C=O) groups is 1. The van der Waals surface area contributed by atoms with Crippen LogP contribution < -0.4 is 10.6 Å². The molecule has 0 spiro atoms. The molecule has 0 aromatic rings. The molecule has 0 aromatic heterocycles. The van der Waals surface area contributed by atoms with Crippen molar-refractivity contribution in [1.82, 2.24) is 10.6 Å². The SMILES string of the molecule is CC(C)(C)OC(=O)N[C@H]1C[C@@H]2CC[C@@H](N2)[C@@H]1F. The lowest BCUT2D eigenvalue weighted by molar-refractivity contribution is 0.0436. The first-order valence-electron chi connectivity index (χ1n) is 6.25. The number of piperidine rings is 1. The summed E-state index contributed by atoms with van der Waals surface area (Å²) in [5, 5.41) is 5.87. The molecule has 2 aliphatic heterocycles. The second-order valence-electron chi connectivity index (χ2n) is 5.98. The van der Waals surface area contributed by atoms with E-state index in [1.165, 1.54) is 0 Å². The van der Waals surface area contributed by atoms with Gasteiger partial charge >= 0.3 is 6.09 Å². The molecular weight excluding hydrogens is 223 g/mol. The zero-order valence-corrected chi connectivity index (χ0v) is 10.6. The molecular formula is C12H21FN2O2. The van der Waals surface area contributed by atoms with Crippen LogP contribution in [0.5, 0.6) is 0 Å². The maximum absolute atomic E-state index is 14.0. The van der Waals surface area contributed by atoms with E-state index in [0.717, 1.165) is 12.8 Å². The Balaban J connectivity index is 1.88. The molecule has 5 heteroatoms. The number of amides is 1. The van der Waals surface area contributed by atoms with Crippen LogP contribution in [0.15, 0.2) is 0 Å². The van der Waals surface area contributed by atoms with Crippen molar-refractivity contribution in [2.45, 2.75) is 69.9 Å². The number of ether oxygens (including phenoxy) is 1. The number of fused-ring (bicyclic) bond motifs is 2. The van der Waals surface area contributed by atoms with Crippen molar-refractivity contribution in [2.75, 3.05) is 0 Å². The smallest absolute Gasteiger partial charge is 0.407 e. The molecule has 2 bridgehead atoms. The average Bonchev–Trinajstić information content (AvgIpc) is 2.55. The molecule has 4 nitrogen and oxygen atoms in total. The second kappa shape index (κ2) is 4.44. The third-order valence-corrected chi connectivity index (χ3v) is 3.29. The fraction of sp³-hybridized carbons (Fsp3) is 0.917. The molecule has 98 valence electrons. The van der Waals surface area contributed by atoms with Crippen molar-refractivity contribution < 1.29 is 13.9 Å². The van der Waals surface area contributed by atoms with Crippen LogP contribution in [-0.4, -0.2) is 36.0 Å². The number of alkyl carbamates (subject to hydrolysis) is 1. The van der Waals surface area contributed by atoms with Gasteiger partial charge in [0.1, 0.15) is 11.8 Å². The summed E-state index contributed by atoms with van der Waals surface area (Å²) in [5.41, 5.74) is -0.540. The fourth-order valence-electron chi connectivity index (χ4n) is 2.60. The van der Waals surface area contributed by atoms with E-state index in [-0.39, 0.29) is 6.04 Å². The predicted octanol–water partition coefficient (Wildman–Crippen LogP) is 1.74. The second-order valence-corrected chi connectivity index (χ2v) is 5.98. The minimum absolute atomic E-state index is 0.103. The van der Waals surface area contributed by atoms with Gasteiger partial charge in [0.2, 0.25) is 0 Å². The van der Waals surface area contributed by atoms with Gasteiger partial charge < -0.3 is 15.4 Å². The molecule has 2 heterocycles. The molecule has 0 unspecified atom stereocenters. The molecule has 2 rings (SSSR count). The van der Waals surface area contributed by atoms with E-state index in [1.807, 2.05) is 0 Å². The Morgan fingerprint density at radius 3 is 2.76 bits per heavy atom. The molecule has 2 fully saturated rings. The van der Waals surface area contributed by atoms with Crippen LogP contribution in [0.25, 0.3) is 0 Å². The van der Waals surface area contributed by atoms with Crippen molar-refractivity contribution in [1.29, 1.82) is 0 Å². The Labute approximate surface area is 101 Å². The monoisotopic (exact) mass is 244 g/mol. The van der Waals surface area contributed by atoms with Crippen LogP contribution in [-0.2, 0) is 4.74 Å². The van der Waals surface area contributed by atoms with Crippen molar-refractivity contribution >= 4 is 6.09 Å². The molecule has 2 saturated heterocycles. The summed E-state index contributed by atoms with van der Waals surface area (Å²) in [7, 11) is 0. The highest BCUT2D eigenvalue weighted by molar-refractivity contribution is 5.68. The summed E-state index contributed by atoms with van der Waals surface area (Å²) in [5.74, 6) is 0. The lowest BCUT2D eigenvalue weighted by Crippen LogP contribution is -2.56. The van der Waals surface area contributed by atoms with Crippen LogP contribution in [0.2, 0.25) is 0 Å². The standard InChI is InChI=1S/C12H21FN2O2/c1-12(2,3)17-11(16)15-9-6-7-4-5-8(14-7)10(9)13/h7-10,14H,4-6H2,1-3H3,(H,15,16)/t7-,8+,9-,10-/m0/s1. The number of halogens is 1. The van der Waals surface area contributed by atoms with Gasteiger partial charge in [0, 0.05) is 12.1 Å². The Morgan fingerprint density at radius 1 is 1.41 bits per heavy atom. The minimum Gasteiger partial charge on any atom is -0.444 e. The van der Waals surface area contributed by atoms with Gasteiger partial charge in [-0.25, -0.2) is 9.18 Å². The molecule has 0 saturated carbocycles. The van der Waals surface area contributed by atoms with Gasteiger partial charge in [0.15, 0.2) is 0 Å². The lowest BCUT2D eigenvalue weighted by Gasteiger charge is -2.33. The summed E-state index contributed by atoms with van der Waals surface area (Å²) in [6.07, 6.45) is 0.972. The number of alkyl halides is 1. The maximum atomic E-state index is 14.0. The topological polar surface area (TPSA) is 50.4 Å². The van der Waals surface area contributed by atoms with Crippen molar-refractivity contribution in [3.05, 3.63) is 0 Å². The van der Waals surface area contributed by atoms with Gasteiger partial charge in [-0.05, 0) is 40.0 Å². The largest absolute Gasteiger partial charge is 0.444 e. The van der Waals surface area contributed by atoms with Crippen molar-refractivity contribution in [3.63, 3.8) is 0 Å². The van der Waals surface area contributed by atoms with Crippen LogP contribution in [0, 0.1) is 0 Å². The minimum atomic E-state index is -1.01. The summed E-state index contributed by atoms with van der Waals surface area (Å²) in [6.45, 7) is 5.39. The van der Waals surface area contributed by atoms with Gasteiger partial charge in [0.05, 0.1) is 6.04 Å². The van der Waals surface area contributed by atoms with Crippen molar-refractivity contribution in [3.8, 4) is 0 Å². The number of carbonyl (C=O) groups excluding carboxylic acids is 1. The lowest BCUT2D eigenvalue weighted by atomic mass is 9.98. The highest BCUT2D eigenvalue weighted by Gasteiger charge is 2.42. The molecule has 0 aromatic carbocycles. The normalized spacial score (nSPS) is 36.7. The highest BCUT2D eigenvalue weighted by Crippen LogP contribution is 2.29. The third kappa shape index (κ3) is 3.09. The number of hydrogen-bond donors (Lipinski definition) is 2. The van der Waals surface area contributed by atoms with E-state index in [2.05, 4.69) is 10.6 Å². The van der Waals surface area contributed by atoms with E-state index in [0.29, 0.717) is 12.5 Å². The highest BCUT2D eigenvalue weighted by atomic mass is 19.1. The van der Waals surface area contributed by atoms with Gasteiger partial charge in [-0.3, -0.25) is 0 Å². The zero-order valence-electron chi connectivity index (χ0n) is 10.6. The van der Waals surface area contributed by atoms with Crippen LogP contribution in [0.1, 0.15) is 40.0 Å². The summed E-state index contributed by atoms with van der Waals surface area (Å²) >= 11 is 0. The number of hydrogen-bond acceptors (Lipinski definition) is 3. The molecule has 17 heavy (non-hydrogen) atoms. The zero-order chi connectivity index (χ0) is 12.6. The first-order valence-corrected chi connectivity index (χ1v) is 6.25. The molecule has 1 amide bonds. The first kappa shape index (κ1) is 12.6. The van der Waals surface area contributed by atoms with Crippen LogP contribution >= 0.6 is 0 Å². The molecule has 2 aliphatic rings. The number of rotatable bonds is 1. The summed E-state index contributed by atoms with van der Waals surface area (Å²) in [6, 6.07) is -0.177. The van der Waals surface area contributed by atoms with E-state index in [9.17, 15) is 9.18 Å². The van der Waals surface area contributed by atoms with E-state index < -0.39 is 23.9 Å². The van der Waals surface area contributed by atoms with Gasteiger partial charge in [-0.1, -0.05) is 0 Å². The first-order chi connectivity index (χ1) is 7.85. The quantitative estimate of drug-likeness (QED) is 0.738. The Kier molecular flexibility index (Phi) is 3.30. The molecule has 0 radical (unpaired) electrons. The van der Waals surface area contributed by atoms with E-state index >= 15 is 0 Å². The van der Waals surface area contributed by atoms with Crippen LogP contribution in [0.4, 0.5) is 9.18 Å². The van der Waals surface area contributed by atoms with E-state index in [1.54, 1.807) is 20.8 Å². The fourth-order valence-corrected chi connectivity index (χ4v) is 2.60. The van der Waals surface area contributed by atoms with Gasteiger partial charge in [0.25, 0.3) is 0 Å². The Hall–Kier alpha value is -0.840. The van der Waals surface area contributed by atoms with Gasteiger partial charge in [-0.15, -0.1) is 0 Å². The molecule has 4 atom stereocenters. The van der Waals surface area contributed by atoms with Crippen molar-refractivity contribution in [2.24, 2.45) is 0 Å². The Morgan fingerprint density at radius 2 is 2.12 bits per heavy atom. The number of nitrogens with one attached hydrogen (secondary N) is 2. The summed E-state index contributed by atoms with van der Waals surface area (Å²) < 4.78 is 19.1. The third-order valence-electron chi connectivity index (χ3n) is 3.29. The maximum Gasteiger partial charge on any atom is 0.407 e. The summed E-state index contributed by atoms with van der Waals surface area (Å²) in [4.78, 5) is 11.6. The van der Waals surface area contributed by atoms with Crippen LogP contribution in [0.3, 0.4) is 0 Å². The molecule has 2 N–H and O–H groups in total.